The first-order chi connectivity index (χ1) is 5.85. The maximum atomic E-state index is 5.38. The normalized spacial score (nSPS) is 11.9. The Morgan fingerprint density at radius 3 is 2.83 bits per heavy atom. The molecular weight excluding hydrogens is 168 g/mol. The zero-order valence-corrected chi connectivity index (χ0v) is 8.71. The van der Waals surface area contributed by atoms with E-state index in [-0.39, 0.29) is 0 Å². The van der Waals surface area contributed by atoms with E-state index in [2.05, 4.69) is 24.2 Å². The molecule has 0 saturated heterocycles. The van der Waals surface area contributed by atoms with E-state index in [1.54, 1.807) is 0 Å². The van der Waals surface area contributed by atoms with Crippen LogP contribution < -0.4 is 11.3 Å². The third-order valence-corrected chi connectivity index (χ3v) is 2.60. The summed E-state index contributed by atoms with van der Waals surface area (Å²) in [5.74, 6) is 13.5. The van der Waals surface area contributed by atoms with Crippen molar-refractivity contribution in [2.75, 3.05) is 11.5 Å². The van der Waals surface area contributed by atoms with Crippen LogP contribution in [-0.2, 0) is 0 Å². The SMILES string of the molecule is CC#CCCC(CSCC)NN. The molecule has 1 atom stereocenters. The first kappa shape index (κ1) is 11.8. The van der Waals surface area contributed by atoms with Gasteiger partial charge in [-0.2, -0.15) is 11.8 Å². The Morgan fingerprint density at radius 2 is 2.33 bits per heavy atom. The Kier molecular flexibility index (Phi) is 8.80. The minimum Gasteiger partial charge on any atom is -0.271 e. The summed E-state index contributed by atoms with van der Waals surface area (Å²) >= 11 is 1.91. The molecule has 0 rings (SSSR count). The molecule has 0 aliphatic heterocycles. The third kappa shape index (κ3) is 6.53. The Balaban J connectivity index is 3.43. The molecule has 1 unspecified atom stereocenters. The Hall–Kier alpha value is -0.170. The molecule has 0 aliphatic rings. The molecule has 12 heavy (non-hydrogen) atoms. The summed E-state index contributed by atoms with van der Waals surface area (Å²) in [5.41, 5.74) is 2.81. The van der Waals surface area contributed by atoms with E-state index >= 15 is 0 Å². The number of hydrogen-bond acceptors (Lipinski definition) is 3. The van der Waals surface area contributed by atoms with Crippen molar-refractivity contribution >= 4 is 11.8 Å². The van der Waals surface area contributed by atoms with Crippen LogP contribution in [0.15, 0.2) is 0 Å². The van der Waals surface area contributed by atoms with Crippen molar-refractivity contribution in [2.24, 2.45) is 5.84 Å². The van der Waals surface area contributed by atoms with Crippen molar-refractivity contribution in [3.63, 3.8) is 0 Å². The standard InChI is InChI=1S/C9H18N2S/c1-3-5-6-7-9(11-10)8-12-4-2/h9,11H,4,6-8,10H2,1-2H3. The minimum absolute atomic E-state index is 0.413. The van der Waals surface area contributed by atoms with Gasteiger partial charge in [0.05, 0.1) is 0 Å². The monoisotopic (exact) mass is 186 g/mol. The van der Waals surface area contributed by atoms with Crippen molar-refractivity contribution < 1.29 is 0 Å². The molecule has 70 valence electrons. The van der Waals surface area contributed by atoms with Crippen LogP contribution in [0.1, 0.15) is 26.7 Å². The number of thioether (sulfide) groups is 1. The van der Waals surface area contributed by atoms with Gasteiger partial charge in [-0.25, -0.2) is 0 Å². The lowest BCUT2D eigenvalue weighted by Gasteiger charge is -2.12. The van der Waals surface area contributed by atoms with Gasteiger partial charge in [-0.15, -0.1) is 11.8 Å². The molecule has 3 N–H and O–H groups in total. The van der Waals surface area contributed by atoms with Gasteiger partial charge in [0.1, 0.15) is 0 Å². The molecule has 0 aromatic rings. The fourth-order valence-electron chi connectivity index (χ4n) is 0.846. The maximum Gasteiger partial charge on any atom is 0.0310 e. The predicted octanol–water partition coefficient (Wildman–Crippen LogP) is 1.37. The predicted molar refractivity (Wildman–Crippen MR) is 56.8 cm³/mol. The molecule has 0 bridgehead atoms. The van der Waals surface area contributed by atoms with Crippen LogP contribution in [0, 0.1) is 11.8 Å². The molecule has 0 amide bonds. The highest BCUT2D eigenvalue weighted by molar-refractivity contribution is 7.99. The lowest BCUT2D eigenvalue weighted by Crippen LogP contribution is -2.36. The van der Waals surface area contributed by atoms with Crippen molar-refractivity contribution in [1.29, 1.82) is 0 Å². The lowest BCUT2D eigenvalue weighted by atomic mass is 10.2. The lowest BCUT2D eigenvalue weighted by molar-refractivity contribution is 0.547. The highest BCUT2D eigenvalue weighted by Crippen LogP contribution is 2.05. The zero-order valence-electron chi connectivity index (χ0n) is 7.89. The third-order valence-electron chi connectivity index (χ3n) is 1.55. The summed E-state index contributed by atoms with van der Waals surface area (Å²) < 4.78 is 0. The molecule has 0 spiro atoms. The van der Waals surface area contributed by atoms with Gasteiger partial charge in [-0.1, -0.05) is 6.92 Å². The van der Waals surface area contributed by atoms with Crippen LogP contribution in [0.25, 0.3) is 0 Å². The molecule has 3 heteroatoms. The molecule has 0 aliphatic carbocycles. The summed E-state index contributed by atoms with van der Waals surface area (Å²) in [6.07, 6.45) is 1.99. The van der Waals surface area contributed by atoms with Crippen LogP contribution in [0.4, 0.5) is 0 Å². The average Bonchev–Trinajstić information content (AvgIpc) is 2.11. The van der Waals surface area contributed by atoms with Crippen molar-refractivity contribution in [3.8, 4) is 11.8 Å². The van der Waals surface area contributed by atoms with E-state index in [1.807, 2.05) is 18.7 Å². The summed E-state index contributed by atoms with van der Waals surface area (Å²) in [7, 11) is 0. The van der Waals surface area contributed by atoms with E-state index in [0.717, 1.165) is 24.3 Å². The fraction of sp³-hybridized carbons (Fsp3) is 0.778. The second-order valence-electron chi connectivity index (χ2n) is 2.49. The second kappa shape index (κ2) is 8.92. The second-order valence-corrected chi connectivity index (χ2v) is 3.81. The van der Waals surface area contributed by atoms with Gasteiger partial charge in [0.15, 0.2) is 0 Å². The van der Waals surface area contributed by atoms with Gasteiger partial charge in [0, 0.05) is 18.2 Å². The van der Waals surface area contributed by atoms with Gasteiger partial charge in [-0.05, 0) is 19.1 Å². The zero-order chi connectivity index (χ0) is 9.23. The topological polar surface area (TPSA) is 38.0 Å². The molecule has 2 nitrogen and oxygen atoms in total. The molecule has 0 saturated carbocycles. The summed E-state index contributed by atoms with van der Waals surface area (Å²) in [6.45, 7) is 4.02. The van der Waals surface area contributed by atoms with Gasteiger partial charge >= 0.3 is 0 Å². The highest BCUT2D eigenvalue weighted by Gasteiger charge is 2.03. The van der Waals surface area contributed by atoms with Crippen LogP contribution in [-0.4, -0.2) is 17.5 Å². The van der Waals surface area contributed by atoms with E-state index < -0.39 is 0 Å². The molecule has 0 aromatic carbocycles. The van der Waals surface area contributed by atoms with Gasteiger partial charge in [0.25, 0.3) is 0 Å². The average molecular weight is 186 g/mol. The summed E-state index contributed by atoms with van der Waals surface area (Å²) in [6, 6.07) is 0.413. The van der Waals surface area contributed by atoms with Crippen molar-refractivity contribution in [1.82, 2.24) is 5.43 Å². The number of hydrazine groups is 1. The maximum absolute atomic E-state index is 5.38. The van der Waals surface area contributed by atoms with E-state index in [1.165, 1.54) is 0 Å². The molecule has 0 radical (unpaired) electrons. The summed E-state index contributed by atoms with van der Waals surface area (Å²) in [4.78, 5) is 0. The Bertz CT molecular complexity index is 148. The largest absolute Gasteiger partial charge is 0.271 e. The minimum atomic E-state index is 0.413. The van der Waals surface area contributed by atoms with Crippen LogP contribution in [0.2, 0.25) is 0 Å². The van der Waals surface area contributed by atoms with Crippen LogP contribution >= 0.6 is 11.8 Å². The smallest absolute Gasteiger partial charge is 0.0310 e. The van der Waals surface area contributed by atoms with Crippen LogP contribution in [0.3, 0.4) is 0 Å². The first-order valence-corrected chi connectivity index (χ1v) is 5.44. The van der Waals surface area contributed by atoms with E-state index in [0.29, 0.717) is 6.04 Å². The van der Waals surface area contributed by atoms with E-state index in [9.17, 15) is 0 Å². The summed E-state index contributed by atoms with van der Waals surface area (Å²) in [5, 5.41) is 0. The van der Waals surface area contributed by atoms with Crippen molar-refractivity contribution in [2.45, 2.75) is 32.7 Å². The first-order valence-electron chi connectivity index (χ1n) is 4.28. The molecule has 0 heterocycles. The Labute approximate surface area is 79.6 Å². The van der Waals surface area contributed by atoms with Crippen LogP contribution in [0.5, 0.6) is 0 Å². The fourth-order valence-corrected chi connectivity index (χ4v) is 1.63. The number of nitrogens with one attached hydrogen (secondary N) is 1. The molecule has 0 aromatic heterocycles. The van der Waals surface area contributed by atoms with Gasteiger partial charge in [-0.3, -0.25) is 11.3 Å². The number of nitrogens with two attached hydrogens (primary N) is 1. The Morgan fingerprint density at radius 1 is 1.58 bits per heavy atom. The van der Waals surface area contributed by atoms with Crippen molar-refractivity contribution in [3.05, 3.63) is 0 Å². The quantitative estimate of drug-likeness (QED) is 0.374. The molecule has 0 fully saturated rings. The molecular formula is C9H18N2S. The number of hydrogen-bond donors (Lipinski definition) is 2. The number of rotatable bonds is 6. The van der Waals surface area contributed by atoms with E-state index in [4.69, 9.17) is 5.84 Å². The van der Waals surface area contributed by atoms with Gasteiger partial charge < -0.3 is 0 Å². The van der Waals surface area contributed by atoms with Gasteiger partial charge in [0.2, 0.25) is 0 Å². The highest BCUT2D eigenvalue weighted by atomic mass is 32.2.